The summed E-state index contributed by atoms with van der Waals surface area (Å²) in [5, 5.41) is 0. The Balaban J connectivity index is 1.53. The molecule has 0 unspecified atom stereocenters. The van der Waals surface area contributed by atoms with E-state index in [0.29, 0.717) is 24.5 Å². The Morgan fingerprint density at radius 2 is 1.34 bits per heavy atom. The van der Waals surface area contributed by atoms with Crippen LogP contribution in [-0.4, -0.2) is 25.8 Å². The number of hydrogen-bond donors (Lipinski definition) is 1. The van der Waals surface area contributed by atoms with Crippen LogP contribution in [-0.2, 0) is 16.6 Å². The fraction of sp³-hybridized carbons (Fsp3) is 0.200. The molecule has 0 radical (unpaired) electrons. The van der Waals surface area contributed by atoms with E-state index in [2.05, 4.69) is 60.7 Å². The molecule has 1 aliphatic heterocycles. The molecule has 2 N–H and O–H groups in total. The molecular formula is C30H30N2O2S. The summed E-state index contributed by atoms with van der Waals surface area (Å²) in [6.45, 7) is 1.45. The number of sulfonamides is 1. The molecule has 0 aliphatic carbocycles. The maximum Gasteiger partial charge on any atom is 0.243 e. The third-order valence-corrected chi connectivity index (χ3v) is 8.87. The van der Waals surface area contributed by atoms with Gasteiger partial charge in [-0.3, -0.25) is 0 Å². The predicted octanol–water partition coefficient (Wildman–Crippen LogP) is 5.77. The molecule has 4 nitrogen and oxygen atoms in total. The highest BCUT2D eigenvalue weighted by atomic mass is 32.2. The zero-order valence-electron chi connectivity index (χ0n) is 19.6. The standard InChI is InChI=1S/C30H30N2O2S/c31-21-23-9-7-12-25(19-23)26-13-8-14-27(20-26)30-22-32(35(33,34)28-15-5-2-6-16-28)18-17-29(30)24-10-3-1-4-11-24/h1-16,19-20,29-30H,17-18,21-22,31H2/t29-,30-/m1/s1. The van der Waals surface area contributed by atoms with Crippen LogP contribution >= 0.6 is 0 Å². The van der Waals surface area contributed by atoms with Crippen molar-refractivity contribution in [1.29, 1.82) is 0 Å². The van der Waals surface area contributed by atoms with Gasteiger partial charge in [0.25, 0.3) is 0 Å². The molecule has 1 fully saturated rings. The van der Waals surface area contributed by atoms with Crippen LogP contribution in [0.4, 0.5) is 0 Å². The van der Waals surface area contributed by atoms with Gasteiger partial charge in [-0.25, -0.2) is 8.42 Å². The van der Waals surface area contributed by atoms with E-state index >= 15 is 0 Å². The maximum absolute atomic E-state index is 13.5. The molecular weight excluding hydrogens is 452 g/mol. The zero-order valence-corrected chi connectivity index (χ0v) is 20.4. The average Bonchev–Trinajstić information content (AvgIpc) is 2.94. The van der Waals surface area contributed by atoms with Gasteiger partial charge in [-0.2, -0.15) is 4.31 Å². The minimum absolute atomic E-state index is 0.0438. The van der Waals surface area contributed by atoms with Gasteiger partial charge in [-0.05, 0) is 58.4 Å². The Labute approximate surface area is 208 Å². The lowest BCUT2D eigenvalue weighted by molar-refractivity contribution is 0.285. The highest BCUT2D eigenvalue weighted by molar-refractivity contribution is 7.89. The lowest BCUT2D eigenvalue weighted by atomic mass is 9.77. The summed E-state index contributed by atoms with van der Waals surface area (Å²) in [5.41, 5.74) is 11.6. The van der Waals surface area contributed by atoms with Crippen LogP contribution < -0.4 is 5.73 Å². The second-order valence-electron chi connectivity index (χ2n) is 9.12. The van der Waals surface area contributed by atoms with Gasteiger partial charge in [0, 0.05) is 25.6 Å². The van der Waals surface area contributed by atoms with E-state index in [0.717, 1.165) is 28.7 Å². The quantitative estimate of drug-likeness (QED) is 0.379. The monoisotopic (exact) mass is 482 g/mol. The second kappa shape index (κ2) is 10.2. The fourth-order valence-electron chi connectivity index (χ4n) is 5.15. The molecule has 5 rings (SSSR count). The molecule has 2 atom stereocenters. The summed E-state index contributed by atoms with van der Waals surface area (Å²) in [6, 6.07) is 36.1. The summed E-state index contributed by atoms with van der Waals surface area (Å²) in [6.07, 6.45) is 0.771. The van der Waals surface area contributed by atoms with E-state index in [9.17, 15) is 8.42 Å². The van der Waals surface area contributed by atoms with Gasteiger partial charge < -0.3 is 5.73 Å². The van der Waals surface area contributed by atoms with E-state index in [4.69, 9.17) is 5.73 Å². The van der Waals surface area contributed by atoms with Crippen LogP contribution in [0.3, 0.4) is 0 Å². The van der Waals surface area contributed by atoms with Crippen molar-refractivity contribution >= 4 is 10.0 Å². The van der Waals surface area contributed by atoms with Gasteiger partial charge in [-0.15, -0.1) is 0 Å². The third kappa shape index (κ3) is 4.94. The predicted molar refractivity (Wildman–Crippen MR) is 142 cm³/mol. The number of rotatable bonds is 6. The molecule has 0 amide bonds. The molecule has 0 spiro atoms. The van der Waals surface area contributed by atoms with Crippen LogP contribution in [0, 0.1) is 0 Å². The smallest absolute Gasteiger partial charge is 0.243 e. The Kier molecular flexibility index (Phi) is 6.82. The Morgan fingerprint density at radius 1 is 0.714 bits per heavy atom. The first-order chi connectivity index (χ1) is 17.1. The number of hydrogen-bond acceptors (Lipinski definition) is 3. The topological polar surface area (TPSA) is 63.4 Å². The molecule has 178 valence electrons. The van der Waals surface area contributed by atoms with E-state index in [1.807, 2.05) is 24.3 Å². The Morgan fingerprint density at radius 3 is 2.06 bits per heavy atom. The third-order valence-electron chi connectivity index (χ3n) is 7.00. The number of nitrogens with zero attached hydrogens (tertiary/aromatic N) is 1. The van der Waals surface area contributed by atoms with Crippen LogP contribution in [0.2, 0.25) is 0 Å². The zero-order chi connectivity index (χ0) is 24.3. The minimum Gasteiger partial charge on any atom is -0.326 e. The van der Waals surface area contributed by atoms with Crippen molar-refractivity contribution in [2.24, 2.45) is 5.73 Å². The summed E-state index contributed by atoms with van der Waals surface area (Å²) in [5.74, 6) is 0.284. The van der Waals surface area contributed by atoms with Crippen molar-refractivity contribution in [1.82, 2.24) is 4.31 Å². The van der Waals surface area contributed by atoms with Crippen LogP contribution in [0.5, 0.6) is 0 Å². The first kappa shape index (κ1) is 23.5. The number of piperidine rings is 1. The van der Waals surface area contributed by atoms with Gasteiger partial charge in [0.15, 0.2) is 0 Å². The summed E-state index contributed by atoms with van der Waals surface area (Å²) in [7, 11) is -3.56. The summed E-state index contributed by atoms with van der Waals surface area (Å²) >= 11 is 0. The van der Waals surface area contributed by atoms with Crippen molar-refractivity contribution < 1.29 is 8.42 Å². The van der Waals surface area contributed by atoms with Crippen molar-refractivity contribution in [2.45, 2.75) is 29.7 Å². The molecule has 1 saturated heterocycles. The SMILES string of the molecule is NCc1cccc(-c2cccc([C@H]3CN(S(=O)(=O)c4ccccc4)CC[C@@H]3c3ccccc3)c2)c1. The molecule has 5 heteroatoms. The highest BCUT2D eigenvalue weighted by Crippen LogP contribution is 2.42. The molecule has 1 aliphatic rings. The van der Waals surface area contributed by atoms with Gasteiger partial charge in [0.2, 0.25) is 10.0 Å². The van der Waals surface area contributed by atoms with Crippen LogP contribution in [0.1, 0.15) is 34.9 Å². The number of nitrogens with two attached hydrogens (primary N) is 1. The molecule has 4 aromatic carbocycles. The Bertz CT molecular complexity index is 1390. The highest BCUT2D eigenvalue weighted by Gasteiger charge is 2.37. The van der Waals surface area contributed by atoms with Gasteiger partial charge in [-0.1, -0.05) is 91.0 Å². The number of benzene rings is 4. The van der Waals surface area contributed by atoms with E-state index in [1.165, 1.54) is 5.56 Å². The van der Waals surface area contributed by atoms with Gasteiger partial charge >= 0.3 is 0 Å². The van der Waals surface area contributed by atoms with Crippen LogP contribution in [0.15, 0.2) is 114 Å². The first-order valence-electron chi connectivity index (χ1n) is 12.1. The molecule has 0 bridgehead atoms. The Hall–Kier alpha value is -3.25. The molecule has 1 heterocycles. The van der Waals surface area contributed by atoms with Gasteiger partial charge in [0.05, 0.1) is 4.90 Å². The van der Waals surface area contributed by atoms with E-state index in [1.54, 1.807) is 28.6 Å². The molecule has 4 aromatic rings. The second-order valence-corrected chi connectivity index (χ2v) is 11.1. The largest absolute Gasteiger partial charge is 0.326 e. The van der Waals surface area contributed by atoms with Crippen molar-refractivity contribution in [3.63, 3.8) is 0 Å². The van der Waals surface area contributed by atoms with E-state index < -0.39 is 10.0 Å². The first-order valence-corrected chi connectivity index (χ1v) is 13.5. The fourth-order valence-corrected chi connectivity index (χ4v) is 6.65. The van der Waals surface area contributed by atoms with Gasteiger partial charge in [0.1, 0.15) is 0 Å². The summed E-state index contributed by atoms with van der Waals surface area (Å²) in [4.78, 5) is 0.351. The minimum atomic E-state index is -3.56. The van der Waals surface area contributed by atoms with Crippen molar-refractivity contribution in [3.05, 3.63) is 126 Å². The van der Waals surface area contributed by atoms with Crippen LogP contribution in [0.25, 0.3) is 11.1 Å². The molecule has 35 heavy (non-hydrogen) atoms. The summed E-state index contributed by atoms with van der Waals surface area (Å²) < 4.78 is 28.6. The normalized spacial score (nSPS) is 18.9. The molecule has 0 aromatic heterocycles. The van der Waals surface area contributed by atoms with E-state index in [-0.39, 0.29) is 11.8 Å². The van der Waals surface area contributed by atoms with Crippen molar-refractivity contribution in [2.75, 3.05) is 13.1 Å². The lowest BCUT2D eigenvalue weighted by Gasteiger charge is -2.38. The lowest BCUT2D eigenvalue weighted by Crippen LogP contribution is -2.42. The molecule has 0 saturated carbocycles. The van der Waals surface area contributed by atoms with Crippen molar-refractivity contribution in [3.8, 4) is 11.1 Å². The average molecular weight is 483 g/mol. The maximum atomic E-state index is 13.5.